The van der Waals surface area contributed by atoms with Gasteiger partial charge in [0.15, 0.2) is 0 Å². The Morgan fingerprint density at radius 1 is 1.18 bits per heavy atom. The van der Waals surface area contributed by atoms with Crippen LogP contribution in [0.5, 0.6) is 0 Å². The third-order valence-corrected chi connectivity index (χ3v) is 4.76. The molecule has 28 heavy (non-hydrogen) atoms. The summed E-state index contributed by atoms with van der Waals surface area (Å²) in [5, 5.41) is 0.471. The fraction of sp³-hybridized carbons (Fsp3) is 0.278. The zero-order valence-electron chi connectivity index (χ0n) is 15.2. The Morgan fingerprint density at radius 3 is 2.61 bits per heavy atom. The van der Waals surface area contributed by atoms with Gasteiger partial charge in [-0.15, -0.1) is 0 Å². The standard InChI is InChI=1S/C18H18BrN5O4/c1-10(2)24(15(25)9-23-7-12(19)17(27)22-18(23)28)8-14-20-13-6-4-3-5-11(13)16(26)21-14/h3-7,10H,8-9H2,1-2H3,(H,20,21,26)(H,22,27,28). The summed E-state index contributed by atoms with van der Waals surface area (Å²) in [6.07, 6.45) is 1.27. The van der Waals surface area contributed by atoms with Crippen LogP contribution in [0.2, 0.25) is 0 Å². The second-order valence-corrected chi connectivity index (χ2v) is 7.36. The van der Waals surface area contributed by atoms with E-state index in [-0.39, 0.29) is 35.1 Å². The van der Waals surface area contributed by atoms with Crippen LogP contribution in [0.3, 0.4) is 0 Å². The van der Waals surface area contributed by atoms with Gasteiger partial charge in [-0.3, -0.25) is 23.9 Å². The van der Waals surface area contributed by atoms with Gasteiger partial charge in [-0.2, -0.15) is 0 Å². The number of carbonyl (C=O) groups excluding carboxylic acids is 1. The number of carbonyl (C=O) groups is 1. The minimum Gasteiger partial charge on any atom is -0.331 e. The molecule has 0 saturated carbocycles. The molecule has 0 saturated heterocycles. The van der Waals surface area contributed by atoms with Crippen molar-refractivity contribution in [1.29, 1.82) is 0 Å². The lowest BCUT2D eigenvalue weighted by atomic mass is 10.2. The highest BCUT2D eigenvalue weighted by atomic mass is 79.9. The number of nitrogens with one attached hydrogen (secondary N) is 2. The topological polar surface area (TPSA) is 121 Å². The van der Waals surface area contributed by atoms with Gasteiger partial charge >= 0.3 is 5.69 Å². The number of H-pyrrole nitrogens is 2. The van der Waals surface area contributed by atoms with Crippen LogP contribution in [0.25, 0.3) is 10.9 Å². The second kappa shape index (κ2) is 7.93. The van der Waals surface area contributed by atoms with E-state index in [2.05, 4.69) is 30.9 Å². The van der Waals surface area contributed by atoms with E-state index in [0.717, 1.165) is 4.57 Å². The molecule has 0 fully saturated rings. The van der Waals surface area contributed by atoms with Crippen molar-refractivity contribution in [3.63, 3.8) is 0 Å². The van der Waals surface area contributed by atoms with Gasteiger partial charge in [0.2, 0.25) is 5.91 Å². The monoisotopic (exact) mass is 447 g/mol. The van der Waals surface area contributed by atoms with Crippen molar-refractivity contribution in [2.45, 2.75) is 33.0 Å². The van der Waals surface area contributed by atoms with E-state index >= 15 is 0 Å². The van der Waals surface area contributed by atoms with Gasteiger partial charge < -0.3 is 9.88 Å². The normalized spacial score (nSPS) is 11.1. The van der Waals surface area contributed by atoms with Crippen LogP contribution in [0.1, 0.15) is 19.7 Å². The smallest absolute Gasteiger partial charge is 0.328 e. The first kappa shape index (κ1) is 19.7. The van der Waals surface area contributed by atoms with Gasteiger partial charge in [-0.1, -0.05) is 12.1 Å². The largest absolute Gasteiger partial charge is 0.331 e. The molecule has 2 heterocycles. The van der Waals surface area contributed by atoms with Gasteiger partial charge in [0.1, 0.15) is 12.4 Å². The van der Waals surface area contributed by atoms with E-state index in [4.69, 9.17) is 0 Å². The second-order valence-electron chi connectivity index (χ2n) is 6.51. The van der Waals surface area contributed by atoms with Gasteiger partial charge in [-0.25, -0.2) is 9.78 Å². The van der Waals surface area contributed by atoms with Crippen LogP contribution in [0.15, 0.2) is 49.3 Å². The molecule has 0 radical (unpaired) electrons. The van der Waals surface area contributed by atoms with Crippen molar-refractivity contribution in [1.82, 2.24) is 24.4 Å². The van der Waals surface area contributed by atoms with Crippen LogP contribution in [-0.4, -0.2) is 36.4 Å². The Labute approximate surface area is 167 Å². The number of hydrogen-bond acceptors (Lipinski definition) is 5. The summed E-state index contributed by atoms with van der Waals surface area (Å²) in [5.74, 6) is -0.00685. The van der Waals surface area contributed by atoms with E-state index in [9.17, 15) is 19.2 Å². The molecule has 1 amide bonds. The summed E-state index contributed by atoms with van der Waals surface area (Å²) in [4.78, 5) is 59.2. The van der Waals surface area contributed by atoms with Crippen LogP contribution in [-0.2, 0) is 17.9 Å². The summed E-state index contributed by atoms with van der Waals surface area (Å²) in [6.45, 7) is 3.46. The average Bonchev–Trinajstić information content (AvgIpc) is 2.64. The van der Waals surface area contributed by atoms with Crippen LogP contribution < -0.4 is 16.8 Å². The molecule has 146 valence electrons. The van der Waals surface area contributed by atoms with E-state index in [1.165, 1.54) is 11.1 Å². The lowest BCUT2D eigenvalue weighted by Crippen LogP contribution is -2.42. The zero-order valence-corrected chi connectivity index (χ0v) is 16.8. The summed E-state index contributed by atoms with van der Waals surface area (Å²) in [7, 11) is 0. The van der Waals surface area contributed by atoms with E-state index < -0.39 is 11.2 Å². The molecule has 0 aliphatic carbocycles. The molecule has 2 N–H and O–H groups in total. The fourth-order valence-electron chi connectivity index (χ4n) is 2.77. The molecule has 2 aromatic heterocycles. The molecule has 10 heteroatoms. The Balaban J connectivity index is 1.89. The van der Waals surface area contributed by atoms with Crippen molar-refractivity contribution in [3.8, 4) is 0 Å². The molecule has 1 aromatic carbocycles. The predicted molar refractivity (Wildman–Crippen MR) is 107 cm³/mol. The number of hydrogen-bond donors (Lipinski definition) is 2. The minimum absolute atomic E-state index is 0.0792. The number of nitrogens with zero attached hydrogens (tertiary/aromatic N) is 3. The number of aromatic amines is 2. The summed E-state index contributed by atoms with van der Waals surface area (Å²) >= 11 is 3.04. The number of rotatable bonds is 5. The highest BCUT2D eigenvalue weighted by Crippen LogP contribution is 2.10. The molecule has 0 spiro atoms. The zero-order chi connectivity index (χ0) is 20.4. The molecule has 0 unspecified atom stereocenters. The third-order valence-electron chi connectivity index (χ3n) is 4.20. The molecule has 0 atom stereocenters. The quantitative estimate of drug-likeness (QED) is 0.603. The maximum absolute atomic E-state index is 12.8. The first-order valence-electron chi connectivity index (χ1n) is 8.53. The first-order valence-corrected chi connectivity index (χ1v) is 9.32. The summed E-state index contributed by atoms with van der Waals surface area (Å²) < 4.78 is 1.26. The molecule has 9 nitrogen and oxygen atoms in total. The minimum atomic E-state index is -0.678. The number of halogens is 1. The molecular weight excluding hydrogens is 430 g/mol. The molecule has 0 aliphatic heterocycles. The Kier molecular flexibility index (Phi) is 5.59. The Morgan fingerprint density at radius 2 is 1.89 bits per heavy atom. The summed E-state index contributed by atoms with van der Waals surface area (Å²) in [5.41, 5.74) is -0.981. The molecule has 3 aromatic rings. The number of fused-ring (bicyclic) bond motifs is 1. The average molecular weight is 448 g/mol. The molecule has 3 rings (SSSR count). The number of amides is 1. The summed E-state index contributed by atoms with van der Waals surface area (Å²) in [6, 6.07) is 6.74. The van der Waals surface area contributed by atoms with Crippen molar-refractivity contribution in [2.75, 3.05) is 0 Å². The maximum Gasteiger partial charge on any atom is 0.328 e. The molecule has 0 bridgehead atoms. The number of para-hydroxylation sites is 1. The first-order chi connectivity index (χ1) is 13.3. The highest BCUT2D eigenvalue weighted by Gasteiger charge is 2.20. The van der Waals surface area contributed by atoms with Crippen LogP contribution >= 0.6 is 15.9 Å². The Hall–Kier alpha value is -3.01. The number of benzene rings is 1. The van der Waals surface area contributed by atoms with Crippen LogP contribution in [0.4, 0.5) is 0 Å². The van der Waals surface area contributed by atoms with Crippen LogP contribution in [0, 0.1) is 0 Å². The van der Waals surface area contributed by atoms with Gasteiger partial charge in [0.25, 0.3) is 11.1 Å². The maximum atomic E-state index is 12.8. The van der Waals surface area contributed by atoms with E-state index in [0.29, 0.717) is 16.7 Å². The highest BCUT2D eigenvalue weighted by molar-refractivity contribution is 9.10. The Bertz CT molecular complexity index is 1210. The van der Waals surface area contributed by atoms with E-state index in [1.807, 2.05) is 13.8 Å². The van der Waals surface area contributed by atoms with Crippen molar-refractivity contribution >= 4 is 32.7 Å². The fourth-order valence-corrected chi connectivity index (χ4v) is 3.11. The third kappa shape index (κ3) is 4.11. The van der Waals surface area contributed by atoms with Crippen molar-refractivity contribution in [3.05, 3.63) is 72.0 Å². The lowest BCUT2D eigenvalue weighted by Gasteiger charge is -2.26. The van der Waals surface area contributed by atoms with Gasteiger partial charge in [0, 0.05) is 12.2 Å². The van der Waals surface area contributed by atoms with Crippen molar-refractivity contribution in [2.24, 2.45) is 0 Å². The van der Waals surface area contributed by atoms with Gasteiger partial charge in [0.05, 0.1) is 21.9 Å². The van der Waals surface area contributed by atoms with E-state index in [1.54, 1.807) is 24.3 Å². The van der Waals surface area contributed by atoms with Gasteiger partial charge in [-0.05, 0) is 41.9 Å². The molecular formula is C18H18BrN5O4. The lowest BCUT2D eigenvalue weighted by molar-refractivity contribution is -0.134. The SMILES string of the molecule is CC(C)N(Cc1nc2ccccc2c(=O)[nH]1)C(=O)Cn1cc(Br)c(=O)[nH]c1=O. The number of aromatic nitrogens is 4. The predicted octanol–water partition coefficient (Wildman–Crippen LogP) is 0.973. The molecule has 0 aliphatic rings. The van der Waals surface area contributed by atoms with Crippen molar-refractivity contribution < 1.29 is 4.79 Å².